The number of para-hydroxylation sites is 1. The SMILES string of the molecule is CSc1ccccc1NC(=O)c1cnc(C(C)C)nc1C. The molecule has 4 nitrogen and oxygen atoms in total. The van der Waals surface area contributed by atoms with E-state index >= 15 is 0 Å². The van der Waals surface area contributed by atoms with Crippen molar-refractivity contribution in [2.24, 2.45) is 0 Å². The van der Waals surface area contributed by atoms with Crippen molar-refractivity contribution in [3.8, 4) is 0 Å². The van der Waals surface area contributed by atoms with Crippen molar-refractivity contribution >= 4 is 23.4 Å². The highest BCUT2D eigenvalue weighted by molar-refractivity contribution is 7.98. The minimum Gasteiger partial charge on any atom is -0.321 e. The van der Waals surface area contributed by atoms with Crippen LogP contribution in [0.4, 0.5) is 5.69 Å². The van der Waals surface area contributed by atoms with Gasteiger partial charge in [0.15, 0.2) is 0 Å². The number of thioether (sulfide) groups is 1. The number of benzene rings is 1. The highest BCUT2D eigenvalue weighted by Crippen LogP contribution is 2.25. The molecule has 0 atom stereocenters. The minimum absolute atomic E-state index is 0.177. The average molecular weight is 301 g/mol. The van der Waals surface area contributed by atoms with Gasteiger partial charge in [0.25, 0.3) is 5.91 Å². The smallest absolute Gasteiger partial charge is 0.259 e. The summed E-state index contributed by atoms with van der Waals surface area (Å²) in [6.45, 7) is 5.90. The van der Waals surface area contributed by atoms with Gasteiger partial charge in [0.2, 0.25) is 0 Å². The van der Waals surface area contributed by atoms with Gasteiger partial charge in [0, 0.05) is 17.0 Å². The van der Waals surface area contributed by atoms with Crippen molar-refractivity contribution in [2.75, 3.05) is 11.6 Å². The van der Waals surface area contributed by atoms with Gasteiger partial charge in [0.05, 0.1) is 16.9 Å². The van der Waals surface area contributed by atoms with Crippen LogP contribution in [0.1, 0.15) is 41.6 Å². The summed E-state index contributed by atoms with van der Waals surface area (Å²) >= 11 is 1.60. The van der Waals surface area contributed by atoms with Gasteiger partial charge < -0.3 is 5.32 Å². The van der Waals surface area contributed by atoms with E-state index in [1.807, 2.05) is 51.3 Å². The molecule has 1 amide bonds. The number of rotatable bonds is 4. The van der Waals surface area contributed by atoms with Gasteiger partial charge in [0.1, 0.15) is 5.82 Å². The standard InChI is InChI=1S/C16H19N3OS/c1-10(2)15-17-9-12(11(3)18-15)16(20)19-13-7-5-6-8-14(13)21-4/h5-10H,1-4H3,(H,19,20). The summed E-state index contributed by atoms with van der Waals surface area (Å²) in [7, 11) is 0. The molecule has 0 aliphatic heterocycles. The number of aryl methyl sites for hydroxylation is 1. The molecular weight excluding hydrogens is 282 g/mol. The Labute approximate surface area is 129 Å². The Kier molecular flexibility index (Phi) is 4.96. The maximum Gasteiger partial charge on any atom is 0.259 e. The normalized spacial score (nSPS) is 10.7. The summed E-state index contributed by atoms with van der Waals surface area (Å²) in [4.78, 5) is 22.1. The highest BCUT2D eigenvalue weighted by atomic mass is 32.2. The predicted octanol–water partition coefficient (Wildman–Crippen LogP) is 3.88. The molecule has 0 bridgehead atoms. The molecular formula is C16H19N3OS. The third-order valence-electron chi connectivity index (χ3n) is 3.11. The topological polar surface area (TPSA) is 54.9 Å². The van der Waals surface area contributed by atoms with Crippen molar-refractivity contribution in [1.29, 1.82) is 0 Å². The molecule has 0 aliphatic rings. The first-order valence-electron chi connectivity index (χ1n) is 6.80. The number of carbonyl (C=O) groups is 1. The molecule has 2 rings (SSSR count). The zero-order chi connectivity index (χ0) is 15.4. The third-order valence-corrected chi connectivity index (χ3v) is 3.91. The van der Waals surface area contributed by atoms with Crippen LogP contribution in [0.15, 0.2) is 35.4 Å². The molecule has 0 aliphatic carbocycles. The number of hydrogen-bond acceptors (Lipinski definition) is 4. The summed E-state index contributed by atoms with van der Waals surface area (Å²) in [6, 6.07) is 7.72. The van der Waals surface area contributed by atoms with E-state index < -0.39 is 0 Å². The fourth-order valence-corrected chi connectivity index (χ4v) is 2.48. The zero-order valence-corrected chi connectivity index (χ0v) is 13.5. The second kappa shape index (κ2) is 6.72. The molecule has 1 aromatic heterocycles. The van der Waals surface area contributed by atoms with Gasteiger partial charge in [-0.3, -0.25) is 4.79 Å². The molecule has 0 unspecified atom stereocenters. The van der Waals surface area contributed by atoms with Gasteiger partial charge in [-0.25, -0.2) is 9.97 Å². The first kappa shape index (κ1) is 15.5. The van der Waals surface area contributed by atoms with Crippen LogP contribution >= 0.6 is 11.8 Å². The van der Waals surface area contributed by atoms with Crippen LogP contribution in [0.3, 0.4) is 0 Å². The van der Waals surface area contributed by atoms with E-state index in [-0.39, 0.29) is 11.8 Å². The fraction of sp³-hybridized carbons (Fsp3) is 0.312. The first-order valence-corrected chi connectivity index (χ1v) is 8.03. The van der Waals surface area contributed by atoms with Crippen LogP contribution in [-0.4, -0.2) is 22.1 Å². The lowest BCUT2D eigenvalue weighted by Crippen LogP contribution is -2.16. The maximum absolute atomic E-state index is 12.4. The molecule has 2 aromatic rings. The third kappa shape index (κ3) is 3.61. The molecule has 21 heavy (non-hydrogen) atoms. The van der Waals surface area contributed by atoms with Gasteiger partial charge >= 0.3 is 0 Å². The Morgan fingerprint density at radius 3 is 2.62 bits per heavy atom. The van der Waals surface area contributed by atoms with E-state index in [0.29, 0.717) is 11.3 Å². The van der Waals surface area contributed by atoms with E-state index in [4.69, 9.17) is 0 Å². The van der Waals surface area contributed by atoms with Gasteiger partial charge in [-0.05, 0) is 25.3 Å². The summed E-state index contributed by atoms with van der Waals surface area (Å²) in [6.07, 6.45) is 3.59. The van der Waals surface area contributed by atoms with E-state index in [0.717, 1.165) is 16.4 Å². The lowest BCUT2D eigenvalue weighted by atomic mass is 10.1. The van der Waals surface area contributed by atoms with Crippen LogP contribution in [0, 0.1) is 6.92 Å². The van der Waals surface area contributed by atoms with Crippen molar-refractivity contribution in [1.82, 2.24) is 9.97 Å². The van der Waals surface area contributed by atoms with E-state index in [1.165, 1.54) is 0 Å². The quantitative estimate of drug-likeness (QED) is 0.871. The molecule has 0 radical (unpaired) electrons. The Morgan fingerprint density at radius 1 is 1.29 bits per heavy atom. The number of nitrogens with zero attached hydrogens (tertiary/aromatic N) is 2. The van der Waals surface area contributed by atoms with Gasteiger partial charge in [-0.1, -0.05) is 26.0 Å². The van der Waals surface area contributed by atoms with Crippen molar-refractivity contribution in [3.05, 3.63) is 47.5 Å². The Morgan fingerprint density at radius 2 is 2.00 bits per heavy atom. The molecule has 0 spiro atoms. The maximum atomic E-state index is 12.4. The number of nitrogens with one attached hydrogen (secondary N) is 1. The largest absolute Gasteiger partial charge is 0.321 e. The lowest BCUT2D eigenvalue weighted by Gasteiger charge is -2.11. The molecule has 0 fully saturated rings. The van der Waals surface area contributed by atoms with E-state index in [2.05, 4.69) is 15.3 Å². The summed E-state index contributed by atoms with van der Waals surface area (Å²) in [5.41, 5.74) is 2.02. The molecule has 1 aromatic carbocycles. The van der Waals surface area contributed by atoms with Crippen LogP contribution in [0.25, 0.3) is 0 Å². The summed E-state index contributed by atoms with van der Waals surface area (Å²) < 4.78 is 0. The molecule has 110 valence electrons. The molecule has 0 saturated heterocycles. The number of anilines is 1. The highest BCUT2D eigenvalue weighted by Gasteiger charge is 2.14. The van der Waals surface area contributed by atoms with Crippen molar-refractivity contribution in [3.63, 3.8) is 0 Å². The number of carbonyl (C=O) groups excluding carboxylic acids is 1. The summed E-state index contributed by atoms with van der Waals surface area (Å²) in [5.74, 6) is 0.830. The monoisotopic (exact) mass is 301 g/mol. The number of aromatic nitrogens is 2. The molecule has 5 heteroatoms. The lowest BCUT2D eigenvalue weighted by molar-refractivity contribution is 0.102. The zero-order valence-electron chi connectivity index (χ0n) is 12.7. The summed E-state index contributed by atoms with van der Waals surface area (Å²) in [5, 5.41) is 2.93. The first-order chi connectivity index (χ1) is 10.0. The molecule has 1 N–H and O–H groups in total. The molecule has 0 saturated carbocycles. The Bertz CT molecular complexity index is 656. The second-order valence-electron chi connectivity index (χ2n) is 5.04. The number of amides is 1. The van der Waals surface area contributed by atoms with Gasteiger partial charge in [-0.2, -0.15) is 0 Å². The van der Waals surface area contributed by atoms with Gasteiger partial charge in [-0.15, -0.1) is 11.8 Å². The Balaban J connectivity index is 2.24. The molecule has 1 heterocycles. The van der Waals surface area contributed by atoms with Crippen LogP contribution in [0.2, 0.25) is 0 Å². The van der Waals surface area contributed by atoms with E-state index in [9.17, 15) is 4.79 Å². The Hall–Kier alpha value is -1.88. The minimum atomic E-state index is -0.177. The van der Waals surface area contributed by atoms with Crippen LogP contribution in [-0.2, 0) is 0 Å². The van der Waals surface area contributed by atoms with Crippen LogP contribution in [0.5, 0.6) is 0 Å². The fourth-order valence-electron chi connectivity index (χ4n) is 1.92. The predicted molar refractivity (Wildman–Crippen MR) is 87.0 cm³/mol. The van der Waals surface area contributed by atoms with Crippen molar-refractivity contribution < 1.29 is 4.79 Å². The second-order valence-corrected chi connectivity index (χ2v) is 5.88. The average Bonchev–Trinajstić information content (AvgIpc) is 2.47. The number of hydrogen-bond donors (Lipinski definition) is 1. The van der Waals surface area contributed by atoms with E-state index in [1.54, 1.807) is 18.0 Å². The van der Waals surface area contributed by atoms with Crippen LogP contribution < -0.4 is 5.32 Å². The van der Waals surface area contributed by atoms with Crippen molar-refractivity contribution in [2.45, 2.75) is 31.6 Å².